The van der Waals surface area contributed by atoms with Gasteiger partial charge in [-0.05, 0) is 12.1 Å². The van der Waals surface area contributed by atoms with Crippen molar-refractivity contribution in [1.82, 2.24) is 4.98 Å². The summed E-state index contributed by atoms with van der Waals surface area (Å²) in [7, 11) is 1.53. The van der Waals surface area contributed by atoms with E-state index in [0.717, 1.165) is 6.08 Å². The quantitative estimate of drug-likeness (QED) is 0.798. The summed E-state index contributed by atoms with van der Waals surface area (Å²) in [6, 6.07) is 5.30. The van der Waals surface area contributed by atoms with Crippen molar-refractivity contribution in [2.75, 3.05) is 7.11 Å². The van der Waals surface area contributed by atoms with Crippen LogP contribution in [0.5, 0.6) is 5.75 Å². The van der Waals surface area contributed by atoms with Crippen LogP contribution in [0.25, 0.3) is 17.2 Å². The average molecular weight is 219 g/mol. The monoisotopic (exact) mass is 219 g/mol. The van der Waals surface area contributed by atoms with Crippen molar-refractivity contribution < 1.29 is 19.1 Å². The van der Waals surface area contributed by atoms with Gasteiger partial charge < -0.3 is 14.3 Å². The lowest BCUT2D eigenvalue weighted by molar-refractivity contribution is -0.131. The number of hydrogen-bond donors (Lipinski definition) is 1. The van der Waals surface area contributed by atoms with Gasteiger partial charge in [0.05, 0.1) is 7.11 Å². The SMILES string of the molecule is COc1cccc2nc(/C=C/C(=O)O)oc12. The molecule has 1 N–H and O–H groups in total. The lowest BCUT2D eigenvalue weighted by atomic mass is 10.3. The topological polar surface area (TPSA) is 72.6 Å². The number of carboxylic acid groups (broad SMARTS) is 1. The van der Waals surface area contributed by atoms with Crippen LogP contribution in [0.4, 0.5) is 0 Å². The maximum atomic E-state index is 10.3. The molecule has 0 unspecified atom stereocenters. The highest BCUT2D eigenvalue weighted by Crippen LogP contribution is 2.26. The average Bonchev–Trinajstić information content (AvgIpc) is 2.68. The third-order valence-electron chi connectivity index (χ3n) is 1.98. The van der Waals surface area contributed by atoms with Crippen LogP contribution >= 0.6 is 0 Å². The summed E-state index contributed by atoms with van der Waals surface area (Å²) in [5.74, 6) is -0.240. The van der Waals surface area contributed by atoms with Gasteiger partial charge >= 0.3 is 5.97 Å². The van der Waals surface area contributed by atoms with Crippen LogP contribution in [0.15, 0.2) is 28.7 Å². The van der Waals surface area contributed by atoms with E-state index in [0.29, 0.717) is 16.8 Å². The lowest BCUT2D eigenvalue weighted by Crippen LogP contribution is -1.85. The summed E-state index contributed by atoms with van der Waals surface area (Å²) in [6.07, 6.45) is 2.26. The molecule has 0 atom stereocenters. The number of carboxylic acids is 1. The first-order valence-electron chi connectivity index (χ1n) is 4.55. The molecule has 2 aromatic rings. The smallest absolute Gasteiger partial charge is 0.328 e. The van der Waals surface area contributed by atoms with E-state index in [1.807, 2.05) is 0 Å². The van der Waals surface area contributed by atoms with Crippen LogP contribution in [-0.4, -0.2) is 23.2 Å². The molecule has 1 aromatic carbocycles. The highest BCUT2D eigenvalue weighted by atomic mass is 16.5. The highest BCUT2D eigenvalue weighted by Gasteiger charge is 2.08. The molecule has 5 heteroatoms. The second-order valence-corrected chi connectivity index (χ2v) is 3.03. The zero-order chi connectivity index (χ0) is 11.5. The third kappa shape index (κ3) is 1.88. The summed E-state index contributed by atoms with van der Waals surface area (Å²) in [5.41, 5.74) is 1.14. The molecule has 1 aromatic heterocycles. The van der Waals surface area contributed by atoms with Gasteiger partial charge in [-0.2, -0.15) is 0 Å². The Labute approximate surface area is 91.0 Å². The summed E-state index contributed by atoms with van der Waals surface area (Å²) in [4.78, 5) is 14.4. The van der Waals surface area contributed by atoms with E-state index in [4.69, 9.17) is 14.3 Å². The third-order valence-corrected chi connectivity index (χ3v) is 1.98. The van der Waals surface area contributed by atoms with Crippen LogP contribution in [-0.2, 0) is 4.79 Å². The molecular formula is C11H9NO4. The van der Waals surface area contributed by atoms with E-state index in [1.54, 1.807) is 18.2 Å². The van der Waals surface area contributed by atoms with Gasteiger partial charge in [-0.25, -0.2) is 9.78 Å². The van der Waals surface area contributed by atoms with Crippen molar-refractivity contribution >= 4 is 23.1 Å². The maximum absolute atomic E-state index is 10.3. The molecule has 0 aliphatic rings. The van der Waals surface area contributed by atoms with E-state index in [-0.39, 0.29) is 5.89 Å². The van der Waals surface area contributed by atoms with Gasteiger partial charge in [-0.1, -0.05) is 6.07 Å². The number of oxazole rings is 1. The minimum Gasteiger partial charge on any atom is -0.493 e. The Morgan fingerprint density at radius 1 is 1.56 bits per heavy atom. The number of para-hydroxylation sites is 1. The molecule has 0 radical (unpaired) electrons. The number of hydrogen-bond acceptors (Lipinski definition) is 4. The molecule has 0 spiro atoms. The molecule has 0 bridgehead atoms. The van der Waals surface area contributed by atoms with E-state index in [2.05, 4.69) is 4.98 Å². The normalized spacial score (nSPS) is 11.1. The van der Waals surface area contributed by atoms with E-state index in [9.17, 15) is 4.79 Å². The predicted octanol–water partition coefficient (Wildman–Crippen LogP) is 1.93. The molecular weight excluding hydrogens is 210 g/mol. The largest absolute Gasteiger partial charge is 0.493 e. The van der Waals surface area contributed by atoms with Crippen molar-refractivity contribution in [2.24, 2.45) is 0 Å². The summed E-state index contributed by atoms with van der Waals surface area (Å²) in [5, 5.41) is 8.47. The number of aliphatic carboxylic acids is 1. The van der Waals surface area contributed by atoms with Crippen LogP contribution < -0.4 is 4.74 Å². The van der Waals surface area contributed by atoms with Gasteiger partial charge in [0.1, 0.15) is 5.52 Å². The Bertz CT molecular complexity index is 556. The van der Waals surface area contributed by atoms with Gasteiger partial charge in [0.25, 0.3) is 0 Å². The number of nitrogens with zero attached hydrogens (tertiary/aromatic N) is 1. The number of ether oxygens (including phenoxy) is 1. The molecule has 5 nitrogen and oxygen atoms in total. The fraction of sp³-hybridized carbons (Fsp3) is 0.0909. The van der Waals surface area contributed by atoms with Crippen LogP contribution in [0.3, 0.4) is 0 Å². The van der Waals surface area contributed by atoms with Crippen molar-refractivity contribution in [1.29, 1.82) is 0 Å². The van der Waals surface area contributed by atoms with Crippen molar-refractivity contribution in [3.63, 3.8) is 0 Å². The van der Waals surface area contributed by atoms with Crippen molar-refractivity contribution in [2.45, 2.75) is 0 Å². The van der Waals surface area contributed by atoms with Crippen LogP contribution in [0, 0.1) is 0 Å². The number of carbonyl (C=O) groups is 1. The molecule has 0 aliphatic carbocycles. The molecule has 1 heterocycles. The van der Waals surface area contributed by atoms with Crippen LogP contribution in [0.2, 0.25) is 0 Å². The van der Waals surface area contributed by atoms with Gasteiger partial charge in [-0.15, -0.1) is 0 Å². The molecule has 0 saturated heterocycles. The Balaban J connectivity index is 2.47. The molecule has 0 aliphatic heterocycles. The second kappa shape index (κ2) is 4.06. The molecule has 2 rings (SSSR count). The Morgan fingerprint density at radius 3 is 3.06 bits per heavy atom. The lowest BCUT2D eigenvalue weighted by Gasteiger charge is -1.96. The number of benzene rings is 1. The Kier molecular flexibility index (Phi) is 2.59. The Hall–Kier alpha value is -2.30. The van der Waals surface area contributed by atoms with Gasteiger partial charge in [-0.3, -0.25) is 0 Å². The Morgan fingerprint density at radius 2 is 2.38 bits per heavy atom. The first kappa shape index (κ1) is 10.2. The highest BCUT2D eigenvalue weighted by molar-refractivity contribution is 5.86. The molecule has 82 valence electrons. The van der Waals surface area contributed by atoms with Crippen molar-refractivity contribution in [3.8, 4) is 5.75 Å². The number of aromatic nitrogens is 1. The van der Waals surface area contributed by atoms with Gasteiger partial charge in [0.2, 0.25) is 5.89 Å². The summed E-state index contributed by atoms with van der Waals surface area (Å²) in [6.45, 7) is 0. The maximum Gasteiger partial charge on any atom is 0.328 e. The van der Waals surface area contributed by atoms with Crippen LogP contribution in [0.1, 0.15) is 5.89 Å². The second-order valence-electron chi connectivity index (χ2n) is 3.03. The first-order chi connectivity index (χ1) is 7.70. The first-order valence-corrected chi connectivity index (χ1v) is 4.55. The van der Waals surface area contributed by atoms with E-state index >= 15 is 0 Å². The number of methoxy groups -OCH3 is 1. The molecule has 0 fully saturated rings. The van der Waals surface area contributed by atoms with Crippen molar-refractivity contribution in [3.05, 3.63) is 30.2 Å². The fourth-order valence-electron chi connectivity index (χ4n) is 1.32. The fourth-order valence-corrected chi connectivity index (χ4v) is 1.32. The van der Waals surface area contributed by atoms with E-state index in [1.165, 1.54) is 13.2 Å². The molecule has 0 saturated carbocycles. The van der Waals surface area contributed by atoms with Gasteiger partial charge in [0, 0.05) is 12.2 Å². The molecule has 0 amide bonds. The minimum absolute atomic E-state index is 0.238. The zero-order valence-electron chi connectivity index (χ0n) is 8.51. The predicted molar refractivity (Wildman–Crippen MR) is 57.2 cm³/mol. The number of fused-ring (bicyclic) bond motifs is 1. The molecule has 16 heavy (non-hydrogen) atoms. The standard InChI is InChI=1S/C11H9NO4/c1-15-8-4-2-3-7-11(8)16-9(12-7)5-6-10(13)14/h2-6H,1H3,(H,13,14)/b6-5+. The minimum atomic E-state index is -1.05. The summed E-state index contributed by atoms with van der Waals surface area (Å²) >= 11 is 0. The zero-order valence-corrected chi connectivity index (χ0v) is 8.51. The number of rotatable bonds is 3. The van der Waals surface area contributed by atoms with Gasteiger partial charge in [0.15, 0.2) is 11.3 Å². The van der Waals surface area contributed by atoms with E-state index < -0.39 is 5.97 Å². The summed E-state index contributed by atoms with van der Waals surface area (Å²) < 4.78 is 10.4.